The number of nitrogens with zero attached hydrogens (tertiary/aromatic N) is 1. The van der Waals surface area contributed by atoms with Gasteiger partial charge in [0, 0.05) is 11.6 Å². The molecule has 0 saturated heterocycles. The van der Waals surface area contributed by atoms with Crippen molar-refractivity contribution in [2.75, 3.05) is 13.2 Å². The van der Waals surface area contributed by atoms with Crippen LogP contribution in [0, 0.1) is 0 Å². The summed E-state index contributed by atoms with van der Waals surface area (Å²) in [6.07, 6.45) is 0. The summed E-state index contributed by atoms with van der Waals surface area (Å²) in [5, 5.41) is 11.1. The Morgan fingerprint density at radius 3 is 2.43 bits per heavy atom. The summed E-state index contributed by atoms with van der Waals surface area (Å²) in [7, 11) is 0. The number of benzene rings is 2. The van der Waals surface area contributed by atoms with Gasteiger partial charge in [-0.1, -0.05) is 30.3 Å². The van der Waals surface area contributed by atoms with Crippen molar-refractivity contribution in [2.45, 2.75) is 5.60 Å². The van der Waals surface area contributed by atoms with Crippen LogP contribution >= 0.6 is 0 Å². The maximum absolute atomic E-state index is 11.1. The Hall–Kier alpha value is -2.53. The molecule has 0 radical (unpaired) electrons. The summed E-state index contributed by atoms with van der Waals surface area (Å²) in [6, 6.07) is 12.8. The maximum atomic E-state index is 11.1. The van der Waals surface area contributed by atoms with Crippen molar-refractivity contribution in [3.8, 4) is 11.5 Å². The highest BCUT2D eigenvalue weighted by Crippen LogP contribution is 2.47. The number of amidine groups is 1. The zero-order valence-electron chi connectivity index (χ0n) is 11.2. The van der Waals surface area contributed by atoms with Crippen LogP contribution < -0.4 is 15.2 Å². The van der Waals surface area contributed by atoms with Crippen LogP contribution in [0.4, 0.5) is 5.69 Å². The van der Waals surface area contributed by atoms with E-state index in [0.29, 0.717) is 41.5 Å². The summed E-state index contributed by atoms with van der Waals surface area (Å²) >= 11 is 0. The molecule has 21 heavy (non-hydrogen) atoms. The number of hydrogen-bond donors (Lipinski definition) is 2. The van der Waals surface area contributed by atoms with Crippen molar-refractivity contribution >= 4 is 11.5 Å². The Morgan fingerprint density at radius 2 is 1.71 bits per heavy atom. The van der Waals surface area contributed by atoms with E-state index < -0.39 is 5.60 Å². The Morgan fingerprint density at radius 1 is 1.05 bits per heavy atom. The van der Waals surface area contributed by atoms with Gasteiger partial charge in [-0.15, -0.1) is 0 Å². The molecule has 4 rings (SSSR count). The van der Waals surface area contributed by atoms with Crippen LogP contribution in [0.15, 0.2) is 47.5 Å². The second-order valence-corrected chi connectivity index (χ2v) is 5.09. The number of aliphatic hydroxyl groups is 1. The molecule has 2 aliphatic heterocycles. The summed E-state index contributed by atoms with van der Waals surface area (Å²) in [5.41, 5.74) is 6.51. The van der Waals surface area contributed by atoms with Gasteiger partial charge in [-0.2, -0.15) is 0 Å². The highest BCUT2D eigenvalue weighted by atomic mass is 16.6. The molecule has 2 aromatic carbocycles. The summed E-state index contributed by atoms with van der Waals surface area (Å²) in [4.78, 5) is 4.30. The zero-order chi connectivity index (χ0) is 14.4. The van der Waals surface area contributed by atoms with Crippen LogP contribution in [-0.2, 0) is 5.60 Å². The fourth-order valence-electron chi connectivity index (χ4n) is 2.79. The number of nitrogens with two attached hydrogens (primary N) is 1. The van der Waals surface area contributed by atoms with Gasteiger partial charge in [-0.3, -0.25) is 0 Å². The zero-order valence-corrected chi connectivity index (χ0v) is 11.2. The van der Waals surface area contributed by atoms with Crippen LogP contribution in [-0.4, -0.2) is 24.2 Å². The number of ether oxygens (including phenoxy) is 2. The molecule has 5 nitrogen and oxygen atoms in total. The van der Waals surface area contributed by atoms with Crippen LogP contribution in [0.5, 0.6) is 11.5 Å². The number of hydrogen-bond acceptors (Lipinski definition) is 5. The molecule has 2 heterocycles. The fraction of sp³-hybridized carbons (Fsp3) is 0.188. The Kier molecular flexibility index (Phi) is 2.46. The molecule has 0 aromatic heterocycles. The van der Waals surface area contributed by atoms with E-state index in [1.54, 1.807) is 12.1 Å². The summed E-state index contributed by atoms with van der Waals surface area (Å²) in [5.74, 6) is 1.40. The number of rotatable bonds is 1. The first-order chi connectivity index (χ1) is 10.2. The maximum Gasteiger partial charge on any atom is 0.174 e. The molecular formula is C16H14N2O3. The second kappa shape index (κ2) is 4.23. The van der Waals surface area contributed by atoms with E-state index in [1.165, 1.54) is 0 Å². The van der Waals surface area contributed by atoms with E-state index in [9.17, 15) is 5.11 Å². The van der Waals surface area contributed by atoms with Crippen molar-refractivity contribution in [1.82, 2.24) is 0 Å². The molecule has 3 N–H and O–H groups in total. The second-order valence-electron chi connectivity index (χ2n) is 5.09. The lowest BCUT2D eigenvalue weighted by molar-refractivity contribution is 0.154. The van der Waals surface area contributed by atoms with Gasteiger partial charge in [-0.05, 0) is 11.6 Å². The highest BCUT2D eigenvalue weighted by Gasteiger charge is 2.43. The van der Waals surface area contributed by atoms with Crippen molar-refractivity contribution in [1.29, 1.82) is 0 Å². The molecule has 1 atom stereocenters. The van der Waals surface area contributed by atoms with Crippen LogP contribution in [0.25, 0.3) is 0 Å². The number of fused-ring (bicyclic) bond motifs is 2. The molecular weight excluding hydrogens is 268 g/mol. The fourth-order valence-corrected chi connectivity index (χ4v) is 2.79. The lowest BCUT2D eigenvalue weighted by Crippen LogP contribution is -2.39. The van der Waals surface area contributed by atoms with E-state index in [0.717, 1.165) is 0 Å². The molecule has 0 saturated carbocycles. The smallest absolute Gasteiger partial charge is 0.174 e. The van der Waals surface area contributed by atoms with Crippen LogP contribution in [0.3, 0.4) is 0 Å². The third kappa shape index (κ3) is 1.64. The lowest BCUT2D eigenvalue weighted by Gasteiger charge is -2.26. The lowest BCUT2D eigenvalue weighted by atomic mass is 9.86. The topological polar surface area (TPSA) is 77.1 Å². The minimum absolute atomic E-state index is 0.158. The molecule has 2 aromatic rings. The average Bonchev–Trinajstić information content (AvgIpc) is 2.78. The molecule has 1 unspecified atom stereocenters. The first-order valence-corrected chi connectivity index (χ1v) is 6.76. The predicted molar refractivity (Wildman–Crippen MR) is 78.2 cm³/mol. The summed E-state index contributed by atoms with van der Waals surface area (Å²) in [6.45, 7) is 1.000. The monoisotopic (exact) mass is 282 g/mol. The van der Waals surface area contributed by atoms with Crippen LogP contribution in [0.1, 0.15) is 11.1 Å². The standard InChI is InChI=1S/C16H14N2O3/c17-15-16(19,10-4-2-1-3-5-10)11-8-13-14(9-12(11)18-15)21-7-6-20-13/h1-5,8-9,19H,6-7H2,(H2,17,18). The normalized spacial score (nSPS) is 22.6. The van der Waals surface area contributed by atoms with E-state index in [1.807, 2.05) is 30.3 Å². The quantitative estimate of drug-likeness (QED) is 0.834. The third-order valence-corrected chi connectivity index (χ3v) is 3.85. The van der Waals surface area contributed by atoms with Gasteiger partial charge in [0.05, 0.1) is 5.69 Å². The predicted octanol–water partition coefficient (Wildman–Crippen LogP) is 1.70. The van der Waals surface area contributed by atoms with E-state index in [2.05, 4.69) is 4.99 Å². The van der Waals surface area contributed by atoms with Gasteiger partial charge in [0.15, 0.2) is 17.1 Å². The van der Waals surface area contributed by atoms with Crippen molar-refractivity contribution in [3.63, 3.8) is 0 Å². The highest BCUT2D eigenvalue weighted by molar-refractivity contribution is 6.01. The third-order valence-electron chi connectivity index (χ3n) is 3.85. The largest absolute Gasteiger partial charge is 0.486 e. The van der Waals surface area contributed by atoms with Gasteiger partial charge in [0.2, 0.25) is 0 Å². The van der Waals surface area contributed by atoms with Crippen molar-refractivity contribution < 1.29 is 14.6 Å². The summed E-state index contributed by atoms with van der Waals surface area (Å²) < 4.78 is 11.1. The van der Waals surface area contributed by atoms with Gasteiger partial charge >= 0.3 is 0 Å². The first-order valence-electron chi connectivity index (χ1n) is 6.76. The van der Waals surface area contributed by atoms with Crippen molar-refractivity contribution in [3.05, 3.63) is 53.6 Å². The average molecular weight is 282 g/mol. The molecule has 106 valence electrons. The van der Waals surface area contributed by atoms with Gasteiger partial charge in [0.1, 0.15) is 19.0 Å². The van der Waals surface area contributed by atoms with Gasteiger partial charge in [-0.25, -0.2) is 4.99 Å². The molecule has 0 aliphatic carbocycles. The SMILES string of the molecule is NC1=Nc2cc3c(cc2C1(O)c1ccccc1)OCCO3. The molecule has 0 fully saturated rings. The minimum Gasteiger partial charge on any atom is -0.486 e. The van der Waals surface area contributed by atoms with E-state index in [4.69, 9.17) is 15.2 Å². The molecule has 0 amide bonds. The van der Waals surface area contributed by atoms with E-state index in [-0.39, 0.29) is 5.84 Å². The molecule has 2 aliphatic rings. The molecule has 0 bridgehead atoms. The molecule has 5 heteroatoms. The minimum atomic E-state index is -1.42. The first kappa shape index (κ1) is 12.2. The Balaban J connectivity index is 1.92. The van der Waals surface area contributed by atoms with Gasteiger partial charge < -0.3 is 20.3 Å². The number of aliphatic imine (C=N–C) groups is 1. The Bertz CT molecular complexity index is 743. The van der Waals surface area contributed by atoms with Crippen LogP contribution in [0.2, 0.25) is 0 Å². The molecule has 0 spiro atoms. The Labute approximate surface area is 121 Å². The van der Waals surface area contributed by atoms with E-state index >= 15 is 0 Å². The van der Waals surface area contributed by atoms with Crippen molar-refractivity contribution in [2.24, 2.45) is 10.7 Å². The van der Waals surface area contributed by atoms with Gasteiger partial charge in [0.25, 0.3) is 0 Å².